The molecule has 2 aliphatic rings. The molecule has 0 radical (unpaired) electrons. The van der Waals surface area contributed by atoms with Gasteiger partial charge in [0.25, 0.3) is 5.91 Å². The van der Waals surface area contributed by atoms with Gasteiger partial charge in [-0.2, -0.15) is 0 Å². The number of rotatable bonds is 8. The first-order valence-corrected chi connectivity index (χ1v) is 16.7. The number of para-hydroxylation sites is 1. The number of hydrogen-bond donors (Lipinski definition) is 3. The van der Waals surface area contributed by atoms with Crippen LogP contribution in [0.2, 0.25) is 0 Å². The van der Waals surface area contributed by atoms with Gasteiger partial charge in [0.1, 0.15) is 5.75 Å². The zero-order valence-corrected chi connectivity index (χ0v) is 28.3. The average molecular weight is 661 g/mol. The number of aliphatic hydroxyl groups excluding tert-OH is 1. The fraction of sp³-hybridized carbons (Fsp3) is 0.459. The van der Waals surface area contributed by atoms with Crippen LogP contribution < -0.4 is 24.8 Å². The lowest BCUT2D eigenvalue weighted by Crippen LogP contribution is -2.47. The summed E-state index contributed by atoms with van der Waals surface area (Å²) in [4.78, 5) is 31.1. The number of aliphatic hydroxyl groups is 1. The normalized spacial score (nSPS) is 20.8. The Bertz CT molecular complexity index is 1520. The van der Waals surface area contributed by atoms with E-state index in [0.717, 1.165) is 36.3 Å². The summed E-state index contributed by atoms with van der Waals surface area (Å²) < 4.78 is 23.9. The Morgan fingerprint density at radius 2 is 1.73 bits per heavy atom. The van der Waals surface area contributed by atoms with Crippen LogP contribution in [-0.4, -0.2) is 85.2 Å². The molecule has 3 aromatic rings. The van der Waals surface area contributed by atoms with Crippen LogP contribution in [0.15, 0.2) is 66.7 Å². The molecule has 0 spiro atoms. The van der Waals surface area contributed by atoms with Gasteiger partial charge in [0.15, 0.2) is 11.5 Å². The zero-order chi connectivity index (χ0) is 34.0. The number of fused-ring (bicyclic) bond motifs is 2. The summed E-state index contributed by atoms with van der Waals surface area (Å²) in [6.07, 6.45) is 2.26. The van der Waals surface area contributed by atoms with Crippen LogP contribution in [0.4, 0.5) is 16.2 Å². The summed E-state index contributed by atoms with van der Waals surface area (Å²) in [6, 6.07) is 19.3. The monoisotopic (exact) mass is 660 g/mol. The van der Waals surface area contributed by atoms with Crippen LogP contribution in [0.5, 0.6) is 17.2 Å². The molecule has 0 aliphatic carbocycles. The summed E-state index contributed by atoms with van der Waals surface area (Å²) in [5.74, 6) is 1.60. The smallest absolute Gasteiger partial charge is 0.323 e. The number of nitrogens with zero attached hydrogens (tertiary/aromatic N) is 2. The molecule has 258 valence electrons. The Morgan fingerprint density at radius 1 is 0.979 bits per heavy atom. The summed E-state index contributed by atoms with van der Waals surface area (Å²) in [5.41, 5.74) is 2.52. The SMILES string of the molecule is C[C@@H]1CN([C@@H](C)CO)C(=O)c2cc(NC(=O)Nc3ccccc3)ccc2O[C@@H](C)CCCCO[C@H]1CN(C)Cc1ccc2c(c1)OCO2. The number of carbonyl (C=O) groups excluding carboxylic acids is 2. The van der Waals surface area contributed by atoms with E-state index in [1.165, 1.54) is 0 Å². The summed E-state index contributed by atoms with van der Waals surface area (Å²) in [7, 11) is 2.06. The predicted molar refractivity (Wildman–Crippen MR) is 185 cm³/mol. The number of anilines is 2. The molecule has 3 amide bonds. The standard InChI is InChI=1S/C37H48N4O7/c1-25-20-41(26(2)23-42)36(43)31-19-30(39-37(44)38-29-11-6-5-7-12-29)14-16-32(31)48-27(3)10-8-9-17-45-35(25)22-40(4)21-28-13-15-33-34(18-28)47-24-46-33/h5-7,11-16,18-19,25-27,35,42H,8-10,17,20-24H2,1-4H3,(H2,38,39,44)/t25-,26+,27+,35+/m1/s1. The van der Waals surface area contributed by atoms with Crippen molar-refractivity contribution in [1.82, 2.24) is 9.80 Å². The fourth-order valence-electron chi connectivity index (χ4n) is 6.00. The fourth-order valence-corrected chi connectivity index (χ4v) is 6.00. The van der Waals surface area contributed by atoms with E-state index in [0.29, 0.717) is 48.9 Å². The minimum atomic E-state index is -0.469. The summed E-state index contributed by atoms with van der Waals surface area (Å²) in [6.45, 7) is 8.21. The second-order valence-corrected chi connectivity index (χ2v) is 12.8. The van der Waals surface area contributed by atoms with Crippen molar-refractivity contribution in [2.75, 3.05) is 50.8 Å². The molecule has 3 N–H and O–H groups in total. The van der Waals surface area contributed by atoms with Crippen molar-refractivity contribution in [3.8, 4) is 17.2 Å². The van der Waals surface area contributed by atoms with Crippen molar-refractivity contribution in [3.63, 3.8) is 0 Å². The molecule has 0 fully saturated rings. The summed E-state index contributed by atoms with van der Waals surface area (Å²) >= 11 is 0. The van der Waals surface area contributed by atoms with E-state index in [9.17, 15) is 14.7 Å². The van der Waals surface area contributed by atoms with Crippen molar-refractivity contribution in [3.05, 3.63) is 77.9 Å². The van der Waals surface area contributed by atoms with Crippen molar-refractivity contribution in [2.45, 2.75) is 64.8 Å². The molecule has 11 nitrogen and oxygen atoms in total. The van der Waals surface area contributed by atoms with E-state index in [4.69, 9.17) is 18.9 Å². The van der Waals surface area contributed by atoms with Crippen molar-refractivity contribution in [2.24, 2.45) is 5.92 Å². The first kappa shape index (κ1) is 35.0. The zero-order valence-electron chi connectivity index (χ0n) is 28.3. The molecule has 2 heterocycles. The number of ether oxygens (including phenoxy) is 4. The second-order valence-electron chi connectivity index (χ2n) is 12.8. The van der Waals surface area contributed by atoms with E-state index in [2.05, 4.69) is 29.5 Å². The predicted octanol–water partition coefficient (Wildman–Crippen LogP) is 5.99. The molecule has 3 aromatic carbocycles. The Labute approximate surface area is 283 Å². The van der Waals surface area contributed by atoms with E-state index < -0.39 is 12.1 Å². The average Bonchev–Trinajstić information content (AvgIpc) is 3.54. The van der Waals surface area contributed by atoms with Crippen LogP contribution in [0.25, 0.3) is 0 Å². The van der Waals surface area contributed by atoms with E-state index in [-0.39, 0.29) is 37.4 Å². The maximum Gasteiger partial charge on any atom is 0.323 e. The Balaban J connectivity index is 1.36. The molecular weight excluding hydrogens is 612 g/mol. The van der Waals surface area contributed by atoms with Crippen LogP contribution >= 0.6 is 0 Å². The molecule has 48 heavy (non-hydrogen) atoms. The maximum absolute atomic E-state index is 14.4. The Kier molecular flexibility index (Phi) is 12.2. The van der Waals surface area contributed by atoms with Gasteiger partial charge < -0.3 is 39.6 Å². The highest BCUT2D eigenvalue weighted by Gasteiger charge is 2.30. The highest BCUT2D eigenvalue weighted by atomic mass is 16.7. The van der Waals surface area contributed by atoms with Gasteiger partial charge in [-0.15, -0.1) is 0 Å². The molecule has 0 aromatic heterocycles. The van der Waals surface area contributed by atoms with E-state index in [1.807, 2.05) is 50.2 Å². The number of hydrogen-bond acceptors (Lipinski definition) is 8. The number of carbonyl (C=O) groups is 2. The van der Waals surface area contributed by atoms with Crippen LogP contribution in [0, 0.1) is 5.92 Å². The molecule has 0 bridgehead atoms. The molecule has 0 unspecified atom stereocenters. The minimum Gasteiger partial charge on any atom is -0.490 e. The van der Waals surface area contributed by atoms with Crippen LogP contribution in [-0.2, 0) is 11.3 Å². The molecule has 2 aliphatic heterocycles. The number of urea groups is 1. The van der Waals surface area contributed by atoms with Gasteiger partial charge in [-0.3, -0.25) is 9.69 Å². The maximum atomic E-state index is 14.4. The van der Waals surface area contributed by atoms with Gasteiger partial charge >= 0.3 is 6.03 Å². The third kappa shape index (κ3) is 9.40. The molecule has 11 heteroatoms. The topological polar surface area (TPSA) is 122 Å². The molecular formula is C37H48N4O7. The van der Waals surface area contributed by atoms with Gasteiger partial charge in [-0.05, 0) is 88.2 Å². The van der Waals surface area contributed by atoms with E-state index >= 15 is 0 Å². The first-order valence-electron chi connectivity index (χ1n) is 16.7. The summed E-state index contributed by atoms with van der Waals surface area (Å²) in [5, 5.41) is 15.9. The van der Waals surface area contributed by atoms with Gasteiger partial charge in [0.2, 0.25) is 6.79 Å². The van der Waals surface area contributed by atoms with Crippen molar-refractivity contribution < 1.29 is 33.6 Å². The Hall–Kier alpha value is -4.32. The molecule has 0 saturated heterocycles. The largest absolute Gasteiger partial charge is 0.490 e. The van der Waals surface area contributed by atoms with Gasteiger partial charge in [-0.25, -0.2) is 4.79 Å². The van der Waals surface area contributed by atoms with Gasteiger partial charge in [0.05, 0.1) is 30.4 Å². The van der Waals surface area contributed by atoms with Crippen molar-refractivity contribution in [1.29, 1.82) is 0 Å². The van der Waals surface area contributed by atoms with E-state index in [1.54, 1.807) is 35.2 Å². The lowest BCUT2D eigenvalue weighted by atomic mass is 10.0. The third-order valence-electron chi connectivity index (χ3n) is 8.72. The van der Waals surface area contributed by atoms with Crippen molar-refractivity contribution >= 4 is 23.3 Å². The Morgan fingerprint density at radius 3 is 2.52 bits per heavy atom. The van der Waals surface area contributed by atoms with Gasteiger partial charge in [0, 0.05) is 43.5 Å². The lowest BCUT2D eigenvalue weighted by molar-refractivity contribution is -0.0177. The molecule has 0 saturated carbocycles. The number of amides is 3. The highest BCUT2D eigenvalue weighted by Crippen LogP contribution is 2.33. The van der Waals surface area contributed by atoms with Crippen LogP contribution in [0.1, 0.15) is 56.0 Å². The highest BCUT2D eigenvalue weighted by molar-refractivity contribution is 6.02. The third-order valence-corrected chi connectivity index (χ3v) is 8.72. The molecule has 5 rings (SSSR count). The molecule has 4 atom stereocenters. The minimum absolute atomic E-state index is 0.0636. The van der Waals surface area contributed by atoms with Crippen LogP contribution in [0.3, 0.4) is 0 Å². The van der Waals surface area contributed by atoms with Gasteiger partial charge in [-0.1, -0.05) is 31.2 Å². The lowest BCUT2D eigenvalue weighted by Gasteiger charge is -2.36. The number of nitrogens with one attached hydrogen (secondary N) is 2. The number of likely N-dealkylation sites (N-methyl/N-ethyl adjacent to an activating group) is 1. The quantitative estimate of drug-likeness (QED) is 0.270. The second kappa shape index (κ2) is 16.7. The first-order chi connectivity index (χ1) is 23.2. The number of benzene rings is 3.